The molecule has 1 aromatic heterocycles. The van der Waals surface area contributed by atoms with Crippen molar-refractivity contribution in [1.29, 1.82) is 0 Å². The van der Waals surface area contributed by atoms with Crippen molar-refractivity contribution in [3.8, 4) is 0 Å². The molecule has 1 aliphatic rings. The fourth-order valence-electron chi connectivity index (χ4n) is 4.38. The number of fused-ring (bicyclic) bond motifs is 3. The molecular formula is C23H26N2O3. The van der Waals surface area contributed by atoms with Crippen LogP contribution >= 0.6 is 0 Å². The fourth-order valence-corrected chi connectivity index (χ4v) is 4.38. The number of nitrogens with one attached hydrogen (secondary N) is 1. The van der Waals surface area contributed by atoms with E-state index in [9.17, 15) is 9.90 Å². The monoisotopic (exact) mass is 378 g/mol. The van der Waals surface area contributed by atoms with Gasteiger partial charge in [-0.2, -0.15) is 0 Å². The molecule has 28 heavy (non-hydrogen) atoms. The van der Waals surface area contributed by atoms with Gasteiger partial charge in [0.25, 0.3) is 0 Å². The first-order valence-corrected chi connectivity index (χ1v) is 9.80. The standard InChI is InChI=1S/C23H26N2O3/c1-28-23(27)21-14-18-17-10-5-6-11-19(17)24-22(18)20(12-7-13-26)25(21)15-16-8-3-2-4-9-16/h2-6,8-11,20-21,24,26H,7,12-15H2,1H3/t20-,21-/m0/s1. The van der Waals surface area contributed by atoms with E-state index >= 15 is 0 Å². The van der Waals surface area contributed by atoms with E-state index in [-0.39, 0.29) is 24.7 Å². The summed E-state index contributed by atoms with van der Waals surface area (Å²) in [5, 5.41) is 10.6. The zero-order valence-corrected chi connectivity index (χ0v) is 16.1. The predicted octanol–water partition coefficient (Wildman–Crippen LogP) is 3.58. The summed E-state index contributed by atoms with van der Waals surface area (Å²) in [6, 6.07) is 18.1. The topological polar surface area (TPSA) is 65.6 Å². The molecule has 5 heteroatoms. The molecule has 0 saturated carbocycles. The van der Waals surface area contributed by atoms with Gasteiger partial charge in [0.2, 0.25) is 0 Å². The number of carbonyl (C=O) groups excluding carboxylic acids is 1. The normalized spacial score (nSPS) is 19.5. The van der Waals surface area contributed by atoms with E-state index in [1.54, 1.807) is 0 Å². The van der Waals surface area contributed by atoms with Crippen LogP contribution < -0.4 is 0 Å². The van der Waals surface area contributed by atoms with Gasteiger partial charge in [-0.15, -0.1) is 0 Å². The molecule has 0 unspecified atom stereocenters. The van der Waals surface area contributed by atoms with Gasteiger partial charge >= 0.3 is 5.97 Å². The number of aliphatic hydroxyl groups excluding tert-OH is 1. The lowest BCUT2D eigenvalue weighted by atomic mass is 9.89. The van der Waals surface area contributed by atoms with Crippen molar-refractivity contribution in [2.45, 2.75) is 37.9 Å². The quantitative estimate of drug-likeness (QED) is 0.644. The average Bonchev–Trinajstić information content (AvgIpc) is 3.11. The highest BCUT2D eigenvalue weighted by Crippen LogP contribution is 2.40. The Labute approximate surface area is 164 Å². The predicted molar refractivity (Wildman–Crippen MR) is 109 cm³/mol. The second kappa shape index (κ2) is 8.17. The Morgan fingerprint density at radius 2 is 1.93 bits per heavy atom. The van der Waals surface area contributed by atoms with Crippen molar-refractivity contribution < 1.29 is 14.6 Å². The zero-order chi connectivity index (χ0) is 19.5. The van der Waals surface area contributed by atoms with Crippen molar-refractivity contribution in [2.75, 3.05) is 13.7 Å². The molecule has 0 bridgehead atoms. The number of hydrogen-bond acceptors (Lipinski definition) is 4. The van der Waals surface area contributed by atoms with E-state index in [0.29, 0.717) is 19.4 Å². The third kappa shape index (κ3) is 3.43. The number of methoxy groups -OCH3 is 1. The van der Waals surface area contributed by atoms with Gasteiger partial charge in [0.15, 0.2) is 0 Å². The molecule has 0 aliphatic carbocycles. The van der Waals surface area contributed by atoms with Gasteiger partial charge in [0.1, 0.15) is 6.04 Å². The van der Waals surface area contributed by atoms with Crippen LogP contribution in [0.5, 0.6) is 0 Å². The maximum atomic E-state index is 12.7. The maximum Gasteiger partial charge on any atom is 0.323 e. The Morgan fingerprint density at radius 3 is 2.68 bits per heavy atom. The molecule has 2 N–H and O–H groups in total. The van der Waals surface area contributed by atoms with Crippen molar-refractivity contribution >= 4 is 16.9 Å². The third-order valence-electron chi connectivity index (χ3n) is 5.69. The minimum Gasteiger partial charge on any atom is -0.468 e. The van der Waals surface area contributed by atoms with Crippen LogP contribution in [0.25, 0.3) is 10.9 Å². The number of para-hydroxylation sites is 1. The summed E-state index contributed by atoms with van der Waals surface area (Å²) in [7, 11) is 1.45. The largest absolute Gasteiger partial charge is 0.468 e. The van der Waals surface area contributed by atoms with Crippen molar-refractivity contribution in [3.63, 3.8) is 0 Å². The second-order valence-electron chi connectivity index (χ2n) is 7.35. The highest BCUT2D eigenvalue weighted by atomic mass is 16.5. The number of aliphatic hydroxyl groups is 1. The van der Waals surface area contributed by atoms with Crippen molar-refractivity contribution in [1.82, 2.24) is 9.88 Å². The Bertz CT molecular complexity index is 951. The summed E-state index contributed by atoms with van der Waals surface area (Å²) < 4.78 is 5.17. The number of aromatic amines is 1. The summed E-state index contributed by atoms with van der Waals surface area (Å²) in [5.41, 5.74) is 4.60. The van der Waals surface area contributed by atoms with Gasteiger partial charge in [0.05, 0.1) is 13.2 Å². The lowest BCUT2D eigenvalue weighted by Crippen LogP contribution is -2.48. The molecular weight excluding hydrogens is 352 g/mol. The van der Waals surface area contributed by atoms with Crippen molar-refractivity contribution in [3.05, 3.63) is 71.4 Å². The second-order valence-corrected chi connectivity index (χ2v) is 7.35. The molecule has 0 amide bonds. The number of esters is 1. The summed E-state index contributed by atoms with van der Waals surface area (Å²) in [4.78, 5) is 18.6. The third-order valence-corrected chi connectivity index (χ3v) is 5.69. The van der Waals surface area contributed by atoms with Gasteiger partial charge in [0, 0.05) is 36.2 Å². The molecule has 2 heterocycles. The van der Waals surface area contributed by atoms with Crippen LogP contribution in [0, 0.1) is 0 Å². The van der Waals surface area contributed by atoms with E-state index in [4.69, 9.17) is 4.74 Å². The van der Waals surface area contributed by atoms with E-state index in [2.05, 4.69) is 34.1 Å². The van der Waals surface area contributed by atoms with Gasteiger partial charge < -0.3 is 14.8 Å². The van der Waals surface area contributed by atoms with Crippen LogP contribution in [0.3, 0.4) is 0 Å². The molecule has 3 aromatic rings. The van der Waals surface area contributed by atoms with E-state index in [1.807, 2.05) is 30.3 Å². The summed E-state index contributed by atoms with van der Waals surface area (Å²) >= 11 is 0. The number of benzene rings is 2. The van der Waals surface area contributed by atoms with Crippen LogP contribution in [0.2, 0.25) is 0 Å². The van der Waals surface area contributed by atoms with Crippen LogP contribution in [-0.2, 0) is 22.5 Å². The zero-order valence-electron chi connectivity index (χ0n) is 16.1. The Balaban J connectivity index is 1.80. The molecule has 5 nitrogen and oxygen atoms in total. The average molecular weight is 378 g/mol. The minimum absolute atomic E-state index is 0.0209. The number of aromatic nitrogens is 1. The Kier molecular flexibility index (Phi) is 5.46. The van der Waals surface area contributed by atoms with Crippen LogP contribution in [0.4, 0.5) is 0 Å². The first kappa shape index (κ1) is 18.7. The van der Waals surface area contributed by atoms with Crippen molar-refractivity contribution in [2.24, 2.45) is 0 Å². The van der Waals surface area contributed by atoms with Gasteiger partial charge in [-0.3, -0.25) is 9.69 Å². The lowest BCUT2D eigenvalue weighted by molar-refractivity contribution is -0.149. The first-order valence-electron chi connectivity index (χ1n) is 9.80. The lowest BCUT2D eigenvalue weighted by Gasteiger charge is -2.40. The summed E-state index contributed by atoms with van der Waals surface area (Å²) in [6.07, 6.45) is 2.07. The molecule has 1 aliphatic heterocycles. The highest BCUT2D eigenvalue weighted by Gasteiger charge is 2.40. The smallest absolute Gasteiger partial charge is 0.323 e. The number of rotatable bonds is 6. The summed E-state index contributed by atoms with van der Waals surface area (Å²) in [6.45, 7) is 0.791. The number of carbonyl (C=O) groups is 1. The summed E-state index contributed by atoms with van der Waals surface area (Å²) in [5.74, 6) is -0.208. The Hall–Kier alpha value is -2.63. The molecule has 2 aromatic carbocycles. The molecule has 0 radical (unpaired) electrons. The minimum atomic E-state index is -0.347. The van der Waals surface area contributed by atoms with Crippen LogP contribution in [-0.4, -0.2) is 40.7 Å². The van der Waals surface area contributed by atoms with Gasteiger partial charge in [-0.25, -0.2) is 0 Å². The maximum absolute atomic E-state index is 12.7. The van der Waals surface area contributed by atoms with Crippen LogP contribution in [0.1, 0.15) is 35.7 Å². The number of hydrogen-bond donors (Lipinski definition) is 2. The fraction of sp³-hybridized carbons (Fsp3) is 0.348. The molecule has 0 spiro atoms. The van der Waals surface area contributed by atoms with Gasteiger partial charge in [-0.05, 0) is 30.0 Å². The molecule has 0 saturated heterocycles. The SMILES string of the molecule is COC(=O)[C@@H]1Cc2c([nH]c3ccccc23)[C@H](CCCO)N1Cc1ccccc1. The molecule has 2 atom stereocenters. The number of H-pyrrole nitrogens is 1. The Morgan fingerprint density at radius 1 is 1.18 bits per heavy atom. The number of nitrogens with zero attached hydrogens (tertiary/aromatic N) is 1. The molecule has 4 rings (SSSR count). The molecule has 0 fully saturated rings. The van der Waals surface area contributed by atoms with E-state index in [0.717, 1.165) is 23.2 Å². The van der Waals surface area contributed by atoms with E-state index < -0.39 is 0 Å². The molecule has 146 valence electrons. The number of ether oxygens (including phenoxy) is 1. The van der Waals surface area contributed by atoms with Gasteiger partial charge in [-0.1, -0.05) is 48.5 Å². The first-order chi connectivity index (χ1) is 13.7. The highest BCUT2D eigenvalue weighted by molar-refractivity contribution is 5.87. The van der Waals surface area contributed by atoms with E-state index in [1.165, 1.54) is 18.1 Å². The van der Waals surface area contributed by atoms with Crippen LogP contribution in [0.15, 0.2) is 54.6 Å².